The lowest BCUT2D eigenvalue weighted by Gasteiger charge is -2.10. The second kappa shape index (κ2) is 6.04. The predicted molar refractivity (Wildman–Crippen MR) is 82.5 cm³/mol. The fraction of sp³-hybridized carbons (Fsp3) is 0.294. The number of nitrogens with one attached hydrogen (secondary N) is 1. The third kappa shape index (κ3) is 3.74. The van der Waals surface area contributed by atoms with Gasteiger partial charge in [-0.1, -0.05) is 17.7 Å². The van der Waals surface area contributed by atoms with Gasteiger partial charge in [-0.05, 0) is 61.2 Å². The molecule has 1 aliphatic rings. The molecule has 0 spiro atoms. The van der Waals surface area contributed by atoms with Crippen LogP contribution in [-0.4, -0.2) is 6.04 Å². The number of rotatable bonds is 5. The number of aryl methyl sites for hydroxylation is 1. The smallest absolute Gasteiger partial charge is 0.166 e. The van der Waals surface area contributed by atoms with Crippen LogP contribution in [-0.2, 0) is 6.54 Å². The summed E-state index contributed by atoms with van der Waals surface area (Å²) in [5, 5.41) is 4.03. The average molecular weight is 306 g/mol. The maximum absolute atomic E-state index is 14.1. The van der Waals surface area contributed by atoms with Gasteiger partial charge >= 0.3 is 0 Å². The topological polar surface area (TPSA) is 21.3 Å². The van der Waals surface area contributed by atoms with Crippen LogP contribution in [0, 0.1) is 12.7 Å². The van der Waals surface area contributed by atoms with Crippen LogP contribution in [0.3, 0.4) is 0 Å². The van der Waals surface area contributed by atoms with Crippen molar-refractivity contribution in [2.45, 2.75) is 32.4 Å². The van der Waals surface area contributed by atoms with Crippen molar-refractivity contribution in [1.82, 2.24) is 5.32 Å². The van der Waals surface area contributed by atoms with E-state index in [0.29, 0.717) is 23.4 Å². The molecule has 0 unspecified atom stereocenters. The van der Waals surface area contributed by atoms with Gasteiger partial charge in [0.25, 0.3) is 0 Å². The lowest BCUT2D eigenvalue weighted by molar-refractivity contribution is 0.441. The molecular formula is C17H17ClFNO. The Hall–Kier alpha value is -1.58. The van der Waals surface area contributed by atoms with Crippen LogP contribution < -0.4 is 10.1 Å². The summed E-state index contributed by atoms with van der Waals surface area (Å²) in [5.41, 5.74) is 1.83. The van der Waals surface area contributed by atoms with Gasteiger partial charge in [-0.25, -0.2) is 4.39 Å². The Labute approximate surface area is 128 Å². The van der Waals surface area contributed by atoms with Crippen LogP contribution in [0.15, 0.2) is 36.4 Å². The highest BCUT2D eigenvalue weighted by Crippen LogP contribution is 2.28. The zero-order valence-corrected chi connectivity index (χ0v) is 12.6. The van der Waals surface area contributed by atoms with Gasteiger partial charge in [-0.3, -0.25) is 0 Å². The fourth-order valence-electron chi connectivity index (χ4n) is 2.09. The van der Waals surface area contributed by atoms with E-state index < -0.39 is 0 Å². The Morgan fingerprint density at radius 2 is 2.05 bits per heavy atom. The molecular weight excluding hydrogens is 289 g/mol. The number of halogens is 2. The number of ether oxygens (including phenoxy) is 1. The molecule has 0 saturated heterocycles. The summed E-state index contributed by atoms with van der Waals surface area (Å²) in [4.78, 5) is 0. The molecule has 0 aliphatic heterocycles. The van der Waals surface area contributed by atoms with Crippen molar-refractivity contribution in [1.29, 1.82) is 0 Å². The van der Waals surface area contributed by atoms with E-state index in [1.165, 1.54) is 18.9 Å². The van der Waals surface area contributed by atoms with Crippen molar-refractivity contribution in [3.05, 3.63) is 58.4 Å². The molecule has 3 rings (SSSR count). The van der Waals surface area contributed by atoms with E-state index >= 15 is 0 Å². The summed E-state index contributed by atoms with van der Waals surface area (Å²) in [5.74, 6) is 0.462. The van der Waals surface area contributed by atoms with E-state index in [9.17, 15) is 4.39 Å². The van der Waals surface area contributed by atoms with Gasteiger partial charge in [-0.2, -0.15) is 0 Å². The summed E-state index contributed by atoms with van der Waals surface area (Å²) in [7, 11) is 0. The standard InChI is InChI=1S/C17H17ClFNO/c1-11-8-14(5-6-15(11)18)21-17-7-2-12(9-16(17)19)10-20-13-3-4-13/h2,5-9,13,20H,3-4,10H2,1H3. The average Bonchev–Trinajstić information content (AvgIpc) is 3.27. The zero-order valence-electron chi connectivity index (χ0n) is 11.8. The van der Waals surface area contributed by atoms with E-state index in [1.54, 1.807) is 24.3 Å². The quantitative estimate of drug-likeness (QED) is 0.854. The minimum Gasteiger partial charge on any atom is -0.454 e. The Balaban J connectivity index is 1.70. The van der Waals surface area contributed by atoms with Crippen molar-refractivity contribution < 1.29 is 9.13 Å². The molecule has 4 heteroatoms. The molecule has 1 aliphatic carbocycles. The molecule has 0 aromatic heterocycles. The largest absolute Gasteiger partial charge is 0.454 e. The molecule has 0 atom stereocenters. The highest BCUT2D eigenvalue weighted by molar-refractivity contribution is 6.31. The first-order chi connectivity index (χ1) is 10.1. The molecule has 2 nitrogen and oxygen atoms in total. The summed E-state index contributed by atoms with van der Waals surface area (Å²) < 4.78 is 19.7. The molecule has 1 N–H and O–H groups in total. The van der Waals surface area contributed by atoms with E-state index in [1.807, 2.05) is 13.0 Å². The van der Waals surface area contributed by atoms with Gasteiger partial charge in [0.15, 0.2) is 11.6 Å². The normalized spacial score (nSPS) is 14.2. The second-order valence-corrected chi connectivity index (χ2v) is 5.84. The maximum Gasteiger partial charge on any atom is 0.166 e. The number of hydrogen-bond acceptors (Lipinski definition) is 2. The third-order valence-corrected chi connectivity index (χ3v) is 3.95. The first kappa shape index (κ1) is 14.4. The Bertz CT molecular complexity index is 655. The van der Waals surface area contributed by atoms with E-state index in [2.05, 4.69) is 5.32 Å². The lowest BCUT2D eigenvalue weighted by atomic mass is 10.2. The first-order valence-electron chi connectivity index (χ1n) is 7.07. The van der Waals surface area contributed by atoms with Crippen molar-refractivity contribution >= 4 is 11.6 Å². The summed E-state index contributed by atoms with van der Waals surface area (Å²) in [6, 6.07) is 11.0. The minimum absolute atomic E-state index is 0.229. The summed E-state index contributed by atoms with van der Waals surface area (Å²) in [6.45, 7) is 2.58. The minimum atomic E-state index is -0.349. The first-order valence-corrected chi connectivity index (χ1v) is 7.45. The number of hydrogen-bond donors (Lipinski definition) is 1. The van der Waals surface area contributed by atoms with E-state index in [-0.39, 0.29) is 11.6 Å². The van der Waals surface area contributed by atoms with Gasteiger partial charge in [0.2, 0.25) is 0 Å². The fourth-order valence-corrected chi connectivity index (χ4v) is 2.21. The molecule has 2 aromatic rings. The van der Waals surface area contributed by atoms with E-state index in [0.717, 1.165) is 11.1 Å². The monoisotopic (exact) mass is 305 g/mol. The Kier molecular flexibility index (Phi) is 4.13. The van der Waals surface area contributed by atoms with Gasteiger partial charge in [0.05, 0.1) is 0 Å². The SMILES string of the molecule is Cc1cc(Oc2ccc(CNC3CC3)cc2F)ccc1Cl. The number of benzene rings is 2. The van der Waals surface area contributed by atoms with Crippen LogP contribution in [0.25, 0.3) is 0 Å². The molecule has 0 amide bonds. The lowest BCUT2D eigenvalue weighted by Crippen LogP contribution is -2.15. The molecule has 2 aromatic carbocycles. The van der Waals surface area contributed by atoms with Crippen molar-refractivity contribution in [2.75, 3.05) is 0 Å². The molecule has 110 valence electrons. The molecule has 21 heavy (non-hydrogen) atoms. The van der Waals surface area contributed by atoms with Gasteiger partial charge < -0.3 is 10.1 Å². The molecule has 0 radical (unpaired) electrons. The molecule has 0 bridgehead atoms. The van der Waals surface area contributed by atoms with Crippen molar-refractivity contribution in [3.63, 3.8) is 0 Å². The Morgan fingerprint density at radius 1 is 1.24 bits per heavy atom. The van der Waals surface area contributed by atoms with Crippen LogP contribution in [0.1, 0.15) is 24.0 Å². The molecule has 1 fully saturated rings. The van der Waals surface area contributed by atoms with Crippen molar-refractivity contribution in [2.24, 2.45) is 0 Å². The van der Waals surface area contributed by atoms with Gasteiger partial charge in [0, 0.05) is 17.6 Å². The predicted octanol–water partition coefficient (Wildman–Crippen LogP) is 4.83. The van der Waals surface area contributed by atoms with E-state index in [4.69, 9.17) is 16.3 Å². The van der Waals surface area contributed by atoms with Crippen LogP contribution >= 0.6 is 11.6 Å². The van der Waals surface area contributed by atoms with Crippen LogP contribution in [0.4, 0.5) is 4.39 Å². The summed E-state index contributed by atoms with van der Waals surface area (Å²) >= 11 is 5.96. The highest BCUT2D eigenvalue weighted by atomic mass is 35.5. The van der Waals surface area contributed by atoms with Gasteiger partial charge in [-0.15, -0.1) is 0 Å². The molecule has 0 heterocycles. The van der Waals surface area contributed by atoms with Crippen LogP contribution in [0.2, 0.25) is 5.02 Å². The second-order valence-electron chi connectivity index (χ2n) is 5.43. The van der Waals surface area contributed by atoms with Crippen molar-refractivity contribution in [3.8, 4) is 11.5 Å². The Morgan fingerprint density at radius 3 is 2.71 bits per heavy atom. The summed E-state index contributed by atoms with van der Waals surface area (Å²) in [6.07, 6.45) is 2.44. The van der Waals surface area contributed by atoms with Gasteiger partial charge in [0.1, 0.15) is 5.75 Å². The third-order valence-electron chi connectivity index (χ3n) is 3.53. The maximum atomic E-state index is 14.1. The molecule has 1 saturated carbocycles. The highest BCUT2D eigenvalue weighted by Gasteiger charge is 2.20. The van der Waals surface area contributed by atoms with Crippen LogP contribution in [0.5, 0.6) is 11.5 Å². The zero-order chi connectivity index (χ0) is 14.8.